The standard InChI is InChI=1S/C11H13NO2/c1-8(13)14-11-6-2-5-10-9(11)4-3-7-12-10/h2,5-6,12H,3-4,7H2,1H3. The van der Waals surface area contributed by atoms with Crippen molar-refractivity contribution in [3.63, 3.8) is 0 Å². The molecule has 1 aromatic rings. The zero-order valence-electron chi connectivity index (χ0n) is 8.17. The SMILES string of the molecule is CC(=O)Oc1cccc2c1CCCN2. The number of rotatable bonds is 1. The van der Waals surface area contributed by atoms with Gasteiger partial charge in [0, 0.05) is 24.7 Å². The van der Waals surface area contributed by atoms with E-state index in [2.05, 4.69) is 5.32 Å². The normalized spacial score (nSPS) is 14.1. The smallest absolute Gasteiger partial charge is 0.308 e. The molecule has 0 atom stereocenters. The maximum atomic E-state index is 10.9. The van der Waals surface area contributed by atoms with Crippen LogP contribution in [-0.4, -0.2) is 12.5 Å². The Hall–Kier alpha value is -1.51. The summed E-state index contributed by atoms with van der Waals surface area (Å²) < 4.78 is 5.13. The molecule has 14 heavy (non-hydrogen) atoms. The molecule has 0 saturated heterocycles. The van der Waals surface area contributed by atoms with Gasteiger partial charge in [0.2, 0.25) is 0 Å². The van der Waals surface area contributed by atoms with E-state index in [0.29, 0.717) is 5.75 Å². The molecule has 1 aliphatic heterocycles. The third kappa shape index (κ3) is 1.71. The van der Waals surface area contributed by atoms with Crippen LogP contribution in [0.3, 0.4) is 0 Å². The molecule has 74 valence electrons. The van der Waals surface area contributed by atoms with Crippen molar-refractivity contribution < 1.29 is 9.53 Å². The minimum absolute atomic E-state index is 0.260. The third-order valence-corrected chi connectivity index (χ3v) is 2.31. The predicted molar refractivity (Wildman–Crippen MR) is 54.6 cm³/mol. The second kappa shape index (κ2) is 3.70. The lowest BCUT2D eigenvalue weighted by molar-refractivity contribution is -0.131. The summed E-state index contributed by atoms with van der Waals surface area (Å²) in [5, 5.41) is 3.28. The first-order valence-corrected chi connectivity index (χ1v) is 4.81. The van der Waals surface area contributed by atoms with Crippen molar-refractivity contribution in [1.82, 2.24) is 0 Å². The summed E-state index contributed by atoms with van der Waals surface area (Å²) in [6.45, 7) is 2.42. The lowest BCUT2D eigenvalue weighted by atomic mass is 10.0. The Kier molecular flexibility index (Phi) is 2.39. The summed E-state index contributed by atoms with van der Waals surface area (Å²) in [6, 6.07) is 5.75. The second-order valence-corrected chi connectivity index (χ2v) is 3.41. The van der Waals surface area contributed by atoms with Gasteiger partial charge in [-0.2, -0.15) is 0 Å². The molecule has 0 fully saturated rings. The van der Waals surface area contributed by atoms with Gasteiger partial charge in [0.05, 0.1) is 0 Å². The molecule has 1 N–H and O–H groups in total. The fourth-order valence-corrected chi connectivity index (χ4v) is 1.73. The van der Waals surface area contributed by atoms with Crippen LogP contribution < -0.4 is 10.1 Å². The van der Waals surface area contributed by atoms with Crippen LogP contribution >= 0.6 is 0 Å². The van der Waals surface area contributed by atoms with Crippen molar-refractivity contribution >= 4 is 11.7 Å². The van der Waals surface area contributed by atoms with Crippen molar-refractivity contribution in [3.8, 4) is 5.75 Å². The van der Waals surface area contributed by atoms with E-state index < -0.39 is 0 Å². The lowest BCUT2D eigenvalue weighted by Gasteiger charge is -2.19. The zero-order valence-corrected chi connectivity index (χ0v) is 8.17. The number of fused-ring (bicyclic) bond motifs is 1. The number of hydrogen-bond donors (Lipinski definition) is 1. The number of carbonyl (C=O) groups excluding carboxylic acids is 1. The van der Waals surface area contributed by atoms with E-state index in [1.54, 1.807) is 0 Å². The van der Waals surface area contributed by atoms with E-state index in [0.717, 1.165) is 30.6 Å². The Morgan fingerprint density at radius 3 is 3.14 bits per heavy atom. The highest BCUT2D eigenvalue weighted by molar-refractivity contribution is 5.71. The third-order valence-electron chi connectivity index (χ3n) is 2.31. The number of benzene rings is 1. The molecule has 0 aliphatic carbocycles. The molecule has 1 aliphatic rings. The monoisotopic (exact) mass is 191 g/mol. The molecule has 1 aromatic carbocycles. The van der Waals surface area contributed by atoms with Gasteiger partial charge in [-0.15, -0.1) is 0 Å². The quantitative estimate of drug-likeness (QED) is 0.544. The summed E-state index contributed by atoms with van der Waals surface area (Å²) >= 11 is 0. The van der Waals surface area contributed by atoms with Crippen LogP contribution in [0.15, 0.2) is 18.2 Å². The maximum Gasteiger partial charge on any atom is 0.308 e. The molecule has 0 amide bonds. The Morgan fingerprint density at radius 1 is 1.50 bits per heavy atom. The van der Waals surface area contributed by atoms with Gasteiger partial charge in [0.1, 0.15) is 5.75 Å². The largest absolute Gasteiger partial charge is 0.426 e. The number of anilines is 1. The van der Waals surface area contributed by atoms with Gasteiger partial charge in [0.15, 0.2) is 0 Å². The molecule has 0 bridgehead atoms. The van der Waals surface area contributed by atoms with E-state index >= 15 is 0 Å². The highest BCUT2D eigenvalue weighted by Crippen LogP contribution is 2.30. The summed E-state index contributed by atoms with van der Waals surface area (Å²) in [5.41, 5.74) is 2.21. The van der Waals surface area contributed by atoms with Gasteiger partial charge < -0.3 is 10.1 Å². The summed E-state index contributed by atoms with van der Waals surface area (Å²) in [7, 11) is 0. The van der Waals surface area contributed by atoms with E-state index in [9.17, 15) is 4.79 Å². The number of ether oxygens (including phenoxy) is 1. The summed E-state index contributed by atoms with van der Waals surface area (Å²) in [5.74, 6) is 0.436. The Morgan fingerprint density at radius 2 is 2.36 bits per heavy atom. The van der Waals surface area contributed by atoms with Crippen LogP contribution in [-0.2, 0) is 11.2 Å². The minimum atomic E-state index is -0.260. The first-order chi connectivity index (χ1) is 6.77. The fourth-order valence-electron chi connectivity index (χ4n) is 1.73. The second-order valence-electron chi connectivity index (χ2n) is 3.41. The van der Waals surface area contributed by atoms with Crippen LogP contribution in [0.25, 0.3) is 0 Å². The minimum Gasteiger partial charge on any atom is -0.426 e. The van der Waals surface area contributed by atoms with Gasteiger partial charge in [0.25, 0.3) is 0 Å². The Balaban J connectivity index is 2.35. The van der Waals surface area contributed by atoms with Crippen molar-refractivity contribution in [2.75, 3.05) is 11.9 Å². The molecule has 0 spiro atoms. The lowest BCUT2D eigenvalue weighted by Crippen LogP contribution is -2.13. The molecular weight excluding hydrogens is 178 g/mol. The molecule has 0 radical (unpaired) electrons. The first-order valence-electron chi connectivity index (χ1n) is 4.81. The Bertz CT molecular complexity index is 360. The average molecular weight is 191 g/mol. The molecule has 0 saturated carbocycles. The summed E-state index contributed by atoms with van der Waals surface area (Å²) in [6.07, 6.45) is 2.07. The average Bonchev–Trinajstić information content (AvgIpc) is 2.18. The Labute approximate surface area is 83.1 Å². The molecule has 0 unspecified atom stereocenters. The number of esters is 1. The highest BCUT2D eigenvalue weighted by atomic mass is 16.5. The number of hydrogen-bond acceptors (Lipinski definition) is 3. The van der Waals surface area contributed by atoms with Crippen molar-refractivity contribution in [1.29, 1.82) is 0 Å². The van der Waals surface area contributed by atoms with Crippen molar-refractivity contribution in [2.24, 2.45) is 0 Å². The first kappa shape index (κ1) is 9.06. The van der Waals surface area contributed by atoms with E-state index in [4.69, 9.17) is 4.74 Å². The molecule has 2 rings (SSSR count). The van der Waals surface area contributed by atoms with Crippen LogP contribution in [0.2, 0.25) is 0 Å². The zero-order chi connectivity index (χ0) is 9.97. The van der Waals surface area contributed by atoms with Crippen LogP contribution in [0.4, 0.5) is 5.69 Å². The van der Waals surface area contributed by atoms with Gasteiger partial charge in [-0.25, -0.2) is 0 Å². The van der Waals surface area contributed by atoms with Crippen molar-refractivity contribution in [3.05, 3.63) is 23.8 Å². The fraction of sp³-hybridized carbons (Fsp3) is 0.364. The predicted octanol–water partition coefficient (Wildman–Crippen LogP) is 1.97. The molecule has 3 nitrogen and oxygen atoms in total. The number of nitrogens with one attached hydrogen (secondary N) is 1. The molecule has 1 heterocycles. The molecular formula is C11H13NO2. The maximum absolute atomic E-state index is 10.9. The van der Waals surface area contributed by atoms with E-state index in [1.807, 2.05) is 18.2 Å². The van der Waals surface area contributed by atoms with Crippen LogP contribution in [0, 0.1) is 0 Å². The van der Waals surface area contributed by atoms with Gasteiger partial charge in [-0.1, -0.05) is 6.07 Å². The van der Waals surface area contributed by atoms with E-state index in [-0.39, 0.29) is 5.97 Å². The van der Waals surface area contributed by atoms with Gasteiger partial charge in [-0.05, 0) is 25.0 Å². The summed E-state index contributed by atoms with van der Waals surface area (Å²) in [4.78, 5) is 10.9. The molecule has 3 heteroatoms. The number of carbonyl (C=O) groups is 1. The topological polar surface area (TPSA) is 38.3 Å². The van der Waals surface area contributed by atoms with Crippen LogP contribution in [0.1, 0.15) is 18.9 Å². The van der Waals surface area contributed by atoms with Gasteiger partial charge in [-0.3, -0.25) is 4.79 Å². The van der Waals surface area contributed by atoms with Crippen molar-refractivity contribution in [2.45, 2.75) is 19.8 Å². The highest BCUT2D eigenvalue weighted by Gasteiger charge is 2.13. The van der Waals surface area contributed by atoms with Crippen LogP contribution in [0.5, 0.6) is 5.75 Å². The molecule has 0 aromatic heterocycles. The van der Waals surface area contributed by atoms with Gasteiger partial charge >= 0.3 is 5.97 Å². The van der Waals surface area contributed by atoms with E-state index in [1.165, 1.54) is 6.92 Å².